The Labute approximate surface area is 165 Å². The Balaban J connectivity index is 1.69. The van der Waals surface area contributed by atoms with Crippen LogP contribution in [0.5, 0.6) is 5.75 Å². The molecule has 0 saturated carbocycles. The molecule has 0 aliphatic heterocycles. The van der Waals surface area contributed by atoms with Crippen LogP contribution >= 0.6 is 23.6 Å². The second kappa shape index (κ2) is 11.6. The van der Waals surface area contributed by atoms with Crippen molar-refractivity contribution in [3.63, 3.8) is 0 Å². The maximum absolute atomic E-state index is 12.2. The molecular weight excluding hydrogens is 364 g/mol. The molecule has 0 bridgehead atoms. The molecule has 26 heavy (non-hydrogen) atoms. The molecule has 0 radical (unpaired) electrons. The van der Waals surface area contributed by atoms with Crippen molar-refractivity contribution in [1.82, 2.24) is 10.6 Å². The SMILES string of the molecule is CCCCCCCOc1ccc(C(=O)NC(=S)NCc2cccs2)cc1. The maximum Gasteiger partial charge on any atom is 0.257 e. The predicted molar refractivity (Wildman–Crippen MR) is 112 cm³/mol. The highest BCUT2D eigenvalue weighted by Gasteiger charge is 2.08. The number of thiophene rings is 1. The second-order valence-electron chi connectivity index (χ2n) is 6.00. The van der Waals surface area contributed by atoms with Gasteiger partial charge in [-0.3, -0.25) is 10.1 Å². The van der Waals surface area contributed by atoms with Crippen LogP contribution in [0.4, 0.5) is 0 Å². The van der Waals surface area contributed by atoms with Crippen LogP contribution in [0.3, 0.4) is 0 Å². The number of thiocarbonyl (C=S) groups is 1. The van der Waals surface area contributed by atoms with E-state index in [4.69, 9.17) is 17.0 Å². The van der Waals surface area contributed by atoms with Crippen LogP contribution in [-0.4, -0.2) is 17.6 Å². The summed E-state index contributed by atoms with van der Waals surface area (Å²) in [6.07, 6.45) is 6.06. The van der Waals surface area contributed by atoms with Crippen LogP contribution in [0, 0.1) is 0 Å². The Kier molecular flexibility index (Phi) is 9.14. The topological polar surface area (TPSA) is 50.4 Å². The van der Waals surface area contributed by atoms with Gasteiger partial charge in [-0.15, -0.1) is 11.3 Å². The van der Waals surface area contributed by atoms with Crippen molar-refractivity contribution >= 4 is 34.6 Å². The first-order chi connectivity index (χ1) is 12.7. The lowest BCUT2D eigenvalue weighted by molar-refractivity contribution is 0.0976. The van der Waals surface area contributed by atoms with Gasteiger partial charge >= 0.3 is 0 Å². The minimum Gasteiger partial charge on any atom is -0.494 e. The molecule has 0 spiro atoms. The van der Waals surface area contributed by atoms with Gasteiger partial charge in [0, 0.05) is 10.4 Å². The molecule has 0 fully saturated rings. The predicted octanol–water partition coefficient (Wildman–Crippen LogP) is 4.90. The molecule has 0 aliphatic rings. The molecule has 1 heterocycles. The van der Waals surface area contributed by atoms with Gasteiger partial charge in [-0.2, -0.15) is 0 Å². The Morgan fingerprint density at radius 2 is 1.88 bits per heavy atom. The van der Waals surface area contributed by atoms with E-state index in [1.54, 1.807) is 23.5 Å². The highest BCUT2D eigenvalue weighted by atomic mass is 32.1. The van der Waals surface area contributed by atoms with Gasteiger partial charge in [-0.1, -0.05) is 38.7 Å². The van der Waals surface area contributed by atoms with E-state index in [1.807, 2.05) is 29.6 Å². The van der Waals surface area contributed by atoms with Gasteiger partial charge in [-0.25, -0.2) is 0 Å². The van der Waals surface area contributed by atoms with Crippen LogP contribution in [0.15, 0.2) is 41.8 Å². The summed E-state index contributed by atoms with van der Waals surface area (Å²) >= 11 is 6.81. The number of hydrogen-bond acceptors (Lipinski definition) is 4. The van der Waals surface area contributed by atoms with Crippen LogP contribution in [0.1, 0.15) is 54.3 Å². The molecule has 0 aliphatic carbocycles. The van der Waals surface area contributed by atoms with Crippen LogP contribution in [0.25, 0.3) is 0 Å². The number of rotatable bonds is 10. The summed E-state index contributed by atoms with van der Waals surface area (Å²) in [4.78, 5) is 13.4. The molecule has 2 N–H and O–H groups in total. The molecule has 0 unspecified atom stereocenters. The summed E-state index contributed by atoms with van der Waals surface area (Å²) in [7, 11) is 0. The Morgan fingerprint density at radius 3 is 2.58 bits per heavy atom. The van der Waals surface area contributed by atoms with Crippen LogP contribution in [0.2, 0.25) is 0 Å². The Hall–Kier alpha value is -1.92. The van der Waals surface area contributed by atoms with Gasteiger partial charge < -0.3 is 10.1 Å². The van der Waals surface area contributed by atoms with Crippen molar-refractivity contribution in [3.05, 3.63) is 52.2 Å². The smallest absolute Gasteiger partial charge is 0.257 e. The van der Waals surface area contributed by atoms with Crippen molar-refractivity contribution in [1.29, 1.82) is 0 Å². The molecule has 6 heteroatoms. The lowest BCUT2D eigenvalue weighted by atomic mass is 10.2. The van der Waals surface area contributed by atoms with Gasteiger partial charge in [-0.05, 0) is 54.4 Å². The Bertz CT molecular complexity index is 670. The van der Waals surface area contributed by atoms with E-state index in [1.165, 1.54) is 25.7 Å². The van der Waals surface area contributed by atoms with E-state index in [2.05, 4.69) is 17.6 Å². The summed E-state index contributed by atoms with van der Waals surface area (Å²) < 4.78 is 5.71. The van der Waals surface area contributed by atoms with E-state index in [0.29, 0.717) is 23.8 Å². The summed E-state index contributed by atoms with van der Waals surface area (Å²) in [5.74, 6) is 0.565. The number of carbonyl (C=O) groups is 1. The van der Waals surface area contributed by atoms with E-state index < -0.39 is 0 Å². The summed E-state index contributed by atoms with van der Waals surface area (Å²) in [5, 5.41) is 8.06. The fourth-order valence-electron chi connectivity index (χ4n) is 2.40. The van der Waals surface area contributed by atoms with Crippen LogP contribution < -0.4 is 15.4 Å². The highest BCUT2D eigenvalue weighted by molar-refractivity contribution is 7.80. The zero-order valence-electron chi connectivity index (χ0n) is 15.1. The van der Waals surface area contributed by atoms with Crippen molar-refractivity contribution in [2.24, 2.45) is 0 Å². The average molecular weight is 391 g/mol. The molecule has 2 rings (SSSR count). The number of benzene rings is 1. The zero-order valence-corrected chi connectivity index (χ0v) is 16.8. The van der Waals surface area contributed by atoms with Gasteiger partial charge in [0.05, 0.1) is 13.2 Å². The zero-order chi connectivity index (χ0) is 18.6. The third kappa shape index (κ3) is 7.54. The van der Waals surface area contributed by atoms with E-state index in [9.17, 15) is 4.79 Å². The van der Waals surface area contributed by atoms with Crippen molar-refractivity contribution < 1.29 is 9.53 Å². The minimum absolute atomic E-state index is 0.222. The number of hydrogen-bond donors (Lipinski definition) is 2. The molecule has 0 saturated heterocycles. The van der Waals surface area contributed by atoms with E-state index in [-0.39, 0.29) is 5.91 Å². The molecular formula is C20H26N2O2S2. The number of ether oxygens (including phenoxy) is 1. The third-order valence-corrected chi connectivity index (χ3v) is 4.99. The van der Waals surface area contributed by atoms with E-state index in [0.717, 1.165) is 17.0 Å². The minimum atomic E-state index is -0.222. The number of carbonyl (C=O) groups excluding carboxylic acids is 1. The normalized spacial score (nSPS) is 10.3. The number of unbranched alkanes of at least 4 members (excludes halogenated alkanes) is 4. The second-order valence-corrected chi connectivity index (χ2v) is 7.44. The van der Waals surface area contributed by atoms with Gasteiger partial charge in [0.25, 0.3) is 5.91 Å². The lowest BCUT2D eigenvalue weighted by Crippen LogP contribution is -2.38. The largest absolute Gasteiger partial charge is 0.494 e. The third-order valence-electron chi connectivity index (χ3n) is 3.86. The fraction of sp³-hybridized carbons (Fsp3) is 0.400. The maximum atomic E-state index is 12.2. The first kappa shape index (κ1) is 20.4. The number of amides is 1. The van der Waals surface area contributed by atoms with Crippen molar-refractivity contribution in [2.45, 2.75) is 45.6 Å². The van der Waals surface area contributed by atoms with Crippen molar-refractivity contribution in [3.8, 4) is 5.75 Å². The monoisotopic (exact) mass is 390 g/mol. The highest BCUT2D eigenvalue weighted by Crippen LogP contribution is 2.13. The lowest BCUT2D eigenvalue weighted by Gasteiger charge is -2.10. The first-order valence-corrected chi connectivity index (χ1v) is 10.3. The Morgan fingerprint density at radius 1 is 1.12 bits per heavy atom. The fourth-order valence-corrected chi connectivity index (χ4v) is 3.21. The molecule has 1 amide bonds. The first-order valence-electron chi connectivity index (χ1n) is 9.03. The van der Waals surface area contributed by atoms with Gasteiger partial charge in [0.2, 0.25) is 0 Å². The van der Waals surface area contributed by atoms with Gasteiger partial charge in [0.1, 0.15) is 5.75 Å². The summed E-state index contributed by atoms with van der Waals surface area (Å²) in [6.45, 7) is 3.54. The number of nitrogens with one attached hydrogen (secondary N) is 2. The average Bonchev–Trinajstić information content (AvgIpc) is 3.17. The van der Waals surface area contributed by atoms with Crippen LogP contribution in [-0.2, 0) is 6.54 Å². The summed E-state index contributed by atoms with van der Waals surface area (Å²) in [6, 6.07) is 11.2. The molecule has 140 valence electrons. The molecule has 1 aromatic heterocycles. The quantitative estimate of drug-likeness (QED) is 0.447. The molecule has 1 aromatic carbocycles. The molecule has 0 atom stereocenters. The van der Waals surface area contributed by atoms with Crippen molar-refractivity contribution in [2.75, 3.05) is 6.61 Å². The standard InChI is InChI=1S/C20H26N2O2S2/c1-2-3-4-5-6-13-24-17-11-9-16(10-12-17)19(23)22-20(25)21-15-18-8-7-14-26-18/h7-12,14H,2-6,13,15H2,1H3,(H2,21,22,23,25). The van der Waals surface area contributed by atoms with Gasteiger partial charge in [0.15, 0.2) is 5.11 Å². The van der Waals surface area contributed by atoms with E-state index >= 15 is 0 Å². The molecule has 4 nitrogen and oxygen atoms in total. The summed E-state index contributed by atoms with van der Waals surface area (Å²) in [5.41, 5.74) is 0.556. The molecule has 2 aromatic rings.